The van der Waals surface area contributed by atoms with Crippen molar-refractivity contribution >= 4 is 29.0 Å². The summed E-state index contributed by atoms with van der Waals surface area (Å²) in [6, 6.07) is 15.9. The molecule has 0 unspecified atom stereocenters. The molecule has 0 aliphatic carbocycles. The Morgan fingerprint density at radius 3 is 2.53 bits per heavy atom. The molecule has 3 rings (SSSR count). The number of benzene rings is 2. The molecule has 1 heterocycles. The Balaban J connectivity index is 1.95. The van der Waals surface area contributed by atoms with E-state index in [-0.39, 0.29) is 37.1 Å². The zero-order chi connectivity index (χ0) is 23.3. The third kappa shape index (κ3) is 5.59. The van der Waals surface area contributed by atoms with Crippen molar-refractivity contribution in [1.82, 2.24) is 9.55 Å². The van der Waals surface area contributed by atoms with E-state index in [4.69, 9.17) is 22.1 Å². The smallest absolute Gasteiger partial charge is 0.330 e. The number of halogens is 1. The molecule has 0 spiro atoms. The third-order valence-electron chi connectivity index (χ3n) is 4.67. The number of H-pyrrole nitrogens is 1. The number of anilines is 2. The van der Waals surface area contributed by atoms with Gasteiger partial charge in [-0.25, -0.2) is 4.79 Å². The zero-order valence-electron chi connectivity index (χ0n) is 17.9. The Morgan fingerprint density at radius 2 is 1.88 bits per heavy atom. The minimum atomic E-state index is -0.728. The molecule has 0 bridgehead atoms. The summed E-state index contributed by atoms with van der Waals surface area (Å²) in [6.45, 7) is 3.85. The van der Waals surface area contributed by atoms with E-state index < -0.39 is 17.2 Å². The van der Waals surface area contributed by atoms with Crippen LogP contribution in [0.1, 0.15) is 19.4 Å². The van der Waals surface area contributed by atoms with Crippen LogP contribution in [0.15, 0.2) is 64.2 Å². The first kappa shape index (κ1) is 23.1. The minimum Gasteiger partial charge on any atom is -0.484 e. The molecule has 3 aromatic rings. The highest BCUT2D eigenvalue weighted by atomic mass is 35.5. The number of nitrogens with one attached hydrogen (secondary N) is 1. The fraction of sp³-hybridized carbons (Fsp3) is 0.261. The maximum Gasteiger partial charge on any atom is 0.330 e. The van der Waals surface area contributed by atoms with Gasteiger partial charge in [-0.05, 0) is 29.7 Å². The molecule has 1 amide bonds. The van der Waals surface area contributed by atoms with Gasteiger partial charge >= 0.3 is 5.69 Å². The van der Waals surface area contributed by atoms with Crippen LogP contribution < -0.4 is 26.6 Å². The van der Waals surface area contributed by atoms with Crippen LogP contribution in [0.5, 0.6) is 5.75 Å². The number of nitrogen functional groups attached to an aromatic ring is 1. The molecule has 9 heteroatoms. The number of ether oxygens (including phenoxy) is 1. The Labute approximate surface area is 190 Å². The quantitative estimate of drug-likeness (QED) is 0.541. The SMILES string of the molecule is CC(C)CN(C(=O)COc1cccc(Cl)c1)c1c(N)n(Cc2ccccc2)c(=O)[nH]c1=O. The average Bonchev–Trinajstić information content (AvgIpc) is 2.74. The van der Waals surface area contributed by atoms with Crippen LogP contribution in [-0.2, 0) is 11.3 Å². The first-order valence-corrected chi connectivity index (χ1v) is 10.5. The third-order valence-corrected chi connectivity index (χ3v) is 4.91. The van der Waals surface area contributed by atoms with E-state index in [1.165, 1.54) is 9.47 Å². The summed E-state index contributed by atoms with van der Waals surface area (Å²) in [6.07, 6.45) is 0. The second-order valence-electron chi connectivity index (χ2n) is 7.71. The predicted molar refractivity (Wildman–Crippen MR) is 125 cm³/mol. The van der Waals surface area contributed by atoms with Crippen LogP contribution in [0.4, 0.5) is 11.5 Å². The maximum absolute atomic E-state index is 13.1. The summed E-state index contributed by atoms with van der Waals surface area (Å²) >= 11 is 5.96. The zero-order valence-corrected chi connectivity index (χ0v) is 18.6. The van der Waals surface area contributed by atoms with E-state index in [1.54, 1.807) is 24.3 Å². The monoisotopic (exact) mass is 456 g/mol. The summed E-state index contributed by atoms with van der Waals surface area (Å²) in [7, 11) is 0. The fourth-order valence-corrected chi connectivity index (χ4v) is 3.40. The summed E-state index contributed by atoms with van der Waals surface area (Å²) in [5, 5.41) is 0.475. The molecule has 3 N–H and O–H groups in total. The number of amides is 1. The van der Waals surface area contributed by atoms with Gasteiger partial charge in [0.15, 0.2) is 12.3 Å². The Kier molecular flexibility index (Phi) is 7.37. The van der Waals surface area contributed by atoms with Crippen molar-refractivity contribution in [3.05, 3.63) is 86.0 Å². The second kappa shape index (κ2) is 10.2. The summed E-state index contributed by atoms with van der Waals surface area (Å²) in [5.41, 5.74) is 5.64. The van der Waals surface area contributed by atoms with Crippen molar-refractivity contribution in [2.75, 3.05) is 23.8 Å². The molecule has 2 aromatic carbocycles. The van der Waals surface area contributed by atoms with Crippen molar-refractivity contribution in [3.63, 3.8) is 0 Å². The van der Waals surface area contributed by atoms with Gasteiger partial charge in [0, 0.05) is 11.6 Å². The molecule has 0 radical (unpaired) electrons. The van der Waals surface area contributed by atoms with Gasteiger partial charge in [0.2, 0.25) is 0 Å². The van der Waals surface area contributed by atoms with Crippen LogP contribution in [0.25, 0.3) is 0 Å². The fourth-order valence-electron chi connectivity index (χ4n) is 3.22. The maximum atomic E-state index is 13.1. The molecule has 0 atom stereocenters. The Bertz CT molecular complexity index is 1200. The van der Waals surface area contributed by atoms with E-state index in [9.17, 15) is 14.4 Å². The Hall–Kier alpha value is -3.52. The number of hydrogen-bond donors (Lipinski definition) is 2. The van der Waals surface area contributed by atoms with Gasteiger partial charge in [-0.1, -0.05) is 61.8 Å². The molecule has 168 valence electrons. The number of carbonyl (C=O) groups is 1. The van der Waals surface area contributed by atoms with Gasteiger partial charge in [0.1, 0.15) is 11.6 Å². The van der Waals surface area contributed by atoms with Gasteiger partial charge in [-0.2, -0.15) is 0 Å². The highest BCUT2D eigenvalue weighted by Crippen LogP contribution is 2.21. The van der Waals surface area contributed by atoms with Crippen LogP contribution in [-0.4, -0.2) is 28.6 Å². The highest BCUT2D eigenvalue weighted by molar-refractivity contribution is 6.30. The molecule has 0 saturated heterocycles. The molecule has 32 heavy (non-hydrogen) atoms. The van der Waals surface area contributed by atoms with E-state index >= 15 is 0 Å². The lowest BCUT2D eigenvalue weighted by molar-refractivity contribution is -0.120. The lowest BCUT2D eigenvalue weighted by Crippen LogP contribution is -2.44. The number of carbonyl (C=O) groups excluding carboxylic acids is 1. The summed E-state index contributed by atoms with van der Waals surface area (Å²) in [4.78, 5) is 41.8. The lowest BCUT2D eigenvalue weighted by Gasteiger charge is -2.26. The lowest BCUT2D eigenvalue weighted by atomic mass is 10.2. The molecular weight excluding hydrogens is 432 g/mol. The average molecular weight is 457 g/mol. The highest BCUT2D eigenvalue weighted by Gasteiger charge is 2.25. The van der Waals surface area contributed by atoms with Crippen LogP contribution >= 0.6 is 11.6 Å². The number of nitrogens with two attached hydrogens (primary N) is 1. The van der Waals surface area contributed by atoms with Crippen molar-refractivity contribution in [3.8, 4) is 5.75 Å². The number of rotatable bonds is 8. The van der Waals surface area contributed by atoms with Crippen LogP contribution in [0.3, 0.4) is 0 Å². The molecule has 0 aliphatic heterocycles. The Morgan fingerprint density at radius 1 is 1.16 bits per heavy atom. The van der Waals surface area contributed by atoms with Crippen molar-refractivity contribution in [2.24, 2.45) is 5.92 Å². The van der Waals surface area contributed by atoms with Crippen LogP contribution in [0.2, 0.25) is 5.02 Å². The topological polar surface area (TPSA) is 110 Å². The standard InChI is InChI=1S/C23H25ClN4O4/c1-15(2)12-27(19(29)14-32-18-10-6-9-17(24)11-18)20-21(25)28(23(31)26-22(20)30)13-16-7-4-3-5-8-16/h3-11,15H,12-14,25H2,1-2H3,(H,26,30,31). The van der Waals surface area contributed by atoms with Crippen molar-refractivity contribution < 1.29 is 9.53 Å². The van der Waals surface area contributed by atoms with Gasteiger partial charge in [-0.15, -0.1) is 0 Å². The molecule has 0 aliphatic rings. The summed E-state index contributed by atoms with van der Waals surface area (Å²) in [5.74, 6) is -0.107. The molecule has 1 aromatic heterocycles. The molecule has 0 fully saturated rings. The van der Waals surface area contributed by atoms with E-state index in [0.29, 0.717) is 10.8 Å². The van der Waals surface area contributed by atoms with Gasteiger partial charge < -0.3 is 15.4 Å². The van der Waals surface area contributed by atoms with Crippen molar-refractivity contribution in [1.29, 1.82) is 0 Å². The minimum absolute atomic E-state index is 0.0263. The normalized spacial score (nSPS) is 10.9. The van der Waals surface area contributed by atoms with E-state index in [0.717, 1.165) is 5.56 Å². The largest absolute Gasteiger partial charge is 0.484 e. The van der Waals surface area contributed by atoms with Gasteiger partial charge in [0.05, 0.1) is 6.54 Å². The first-order valence-electron chi connectivity index (χ1n) is 10.1. The number of nitrogens with zero attached hydrogens (tertiary/aromatic N) is 2. The molecule has 8 nitrogen and oxygen atoms in total. The first-order chi connectivity index (χ1) is 15.3. The molecule has 0 saturated carbocycles. The predicted octanol–water partition coefficient (Wildman–Crippen LogP) is 2.89. The summed E-state index contributed by atoms with van der Waals surface area (Å²) < 4.78 is 6.81. The van der Waals surface area contributed by atoms with Gasteiger partial charge in [-0.3, -0.25) is 19.1 Å². The van der Waals surface area contributed by atoms with E-state index in [1.807, 2.05) is 44.2 Å². The van der Waals surface area contributed by atoms with Crippen molar-refractivity contribution in [2.45, 2.75) is 20.4 Å². The van der Waals surface area contributed by atoms with Gasteiger partial charge in [0.25, 0.3) is 11.5 Å². The van der Waals surface area contributed by atoms with E-state index in [2.05, 4.69) is 4.98 Å². The molecular formula is C23H25ClN4O4. The number of aromatic nitrogens is 2. The second-order valence-corrected chi connectivity index (χ2v) is 8.15. The number of hydrogen-bond acceptors (Lipinski definition) is 5. The number of aromatic amines is 1. The van der Waals surface area contributed by atoms with Crippen LogP contribution in [0, 0.1) is 5.92 Å².